The van der Waals surface area contributed by atoms with Crippen LogP contribution in [0.1, 0.15) is 63.6 Å². The number of hydrogen-bond acceptors (Lipinski definition) is 5. The van der Waals surface area contributed by atoms with Gasteiger partial charge in [-0.2, -0.15) is 0 Å². The highest BCUT2D eigenvalue weighted by molar-refractivity contribution is 6.39. The van der Waals surface area contributed by atoms with E-state index < -0.39 is 17.8 Å². The van der Waals surface area contributed by atoms with Crippen LogP contribution in [0.5, 0.6) is 5.75 Å². The van der Waals surface area contributed by atoms with E-state index in [1.807, 2.05) is 67.6 Å². The zero-order chi connectivity index (χ0) is 34.2. The van der Waals surface area contributed by atoms with E-state index in [2.05, 4.69) is 58.7 Å². The summed E-state index contributed by atoms with van der Waals surface area (Å²) in [6, 6.07) is 39.4. The lowest BCUT2D eigenvalue weighted by Gasteiger charge is -2.44. The fourth-order valence-electron chi connectivity index (χ4n) is 7.54. The molecule has 50 heavy (non-hydrogen) atoms. The summed E-state index contributed by atoms with van der Waals surface area (Å²) < 4.78 is 5.95. The molecule has 3 aliphatic rings. The molecule has 8 rings (SSSR count). The highest BCUT2D eigenvalue weighted by Crippen LogP contribution is 2.50. The molecule has 0 aliphatic carbocycles. The van der Waals surface area contributed by atoms with Gasteiger partial charge in [0.15, 0.2) is 0 Å². The molecule has 1 N–H and O–H groups in total. The predicted molar refractivity (Wildman–Crippen MR) is 195 cm³/mol. The van der Waals surface area contributed by atoms with Crippen molar-refractivity contribution in [1.29, 1.82) is 0 Å². The lowest BCUT2D eigenvalue weighted by atomic mass is 9.76. The Labute approximate surface area is 291 Å². The SMILES string of the molecule is Cc1ccc(COc2ccc(/C=C3\C(=O)NC(=O)N(c4cc5c6c(c4)[C@H](c4ccccc4)CCN6CC[C@@H]5c4ccccc4)C3=O)cc2)cc1. The molecule has 0 radical (unpaired) electrons. The van der Waals surface area contributed by atoms with Gasteiger partial charge in [-0.25, -0.2) is 9.69 Å². The predicted octanol–water partition coefficient (Wildman–Crippen LogP) is 8.12. The zero-order valence-corrected chi connectivity index (χ0v) is 27.8. The number of anilines is 2. The van der Waals surface area contributed by atoms with Crippen molar-refractivity contribution < 1.29 is 19.1 Å². The van der Waals surface area contributed by atoms with Crippen molar-refractivity contribution in [2.75, 3.05) is 22.9 Å². The van der Waals surface area contributed by atoms with Gasteiger partial charge in [-0.3, -0.25) is 14.9 Å². The van der Waals surface area contributed by atoms with E-state index in [1.165, 1.54) is 28.5 Å². The summed E-state index contributed by atoms with van der Waals surface area (Å²) in [5.41, 5.74) is 9.03. The Morgan fingerprint density at radius 1 is 0.740 bits per heavy atom. The lowest BCUT2D eigenvalue weighted by molar-refractivity contribution is -0.122. The van der Waals surface area contributed by atoms with Crippen LogP contribution in [-0.4, -0.2) is 30.9 Å². The molecule has 0 aromatic heterocycles. The number of hydrogen-bond donors (Lipinski definition) is 1. The third kappa shape index (κ3) is 5.96. The van der Waals surface area contributed by atoms with Gasteiger partial charge < -0.3 is 9.64 Å². The molecule has 4 amide bonds. The van der Waals surface area contributed by atoms with E-state index in [9.17, 15) is 14.4 Å². The maximum atomic E-state index is 14.2. The van der Waals surface area contributed by atoms with Crippen molar-refractivity contribution in [2.45, 2.75) is 38.2 Å². The Hall–Kier alpha value is -5.95. The first-order chi connectivity index (χ1) is 24.4. The molecule has 1 fully saturated rings. The number of aryl methyl sites for hydroxylation is 1. The minimum atomic E-state index is -0.750. The molecular formula is C43H37N3O4. The van der Waals surface area contributed by atoms with Crippen LogP contribution in [0.3, 0.4) is 0 Å². The summed E-state index contributed by atoms with van der Waals surface area (Å²) in [6.45, 7) is 4.33. The van der Waals surface area contributed by atoms with Gasteiger partial charge in [0.2, 0.25) is 0 Å². The number of carbonyl (C=O) groups excluding carboxylic acids is 3. The average molecular weight is 660 g/mol. The van der Waals surface area contributed by atoms with E-state index >= 15 is 0 Å². The fraction of sp³-hybridized carbons (Fsp3) is 0.186. The second-order valence-electron chi connectivity index (χ2n) is 13.3. The van der Waals surface area contributed by atoms with Gasteiger partial charge >= 0.3 is 6.03 Å². The Morgan fingerprint density at radius 2 is 1.32 bits per heavy atom. The minimum Gasteiger partial charge on any atom is -0.489 e. The molecule has 7 heteroatoms. The van der Waals surface area contributed by atoms with Crippen LogP contribution in [0.2, 0.25) is 0 Å². The molecule has 3 aliphatic heterocycles. The van der Waals surface area contributed by atoms with Crippen LogP contribution < -0.4 is 19.9 Å². The molecular weight excluding hydrogens is 622 g/mol. The number of imide groups is 2. The second-order valence-corrected chi connectivity index (χ2v) is 13.3. The van der Waals surface area contributed by atoms with Crippen LogP contribution in [0.25, 0.3) is 6.08 Å². The van der Waals surface area contributed by atoms with Crippen molar-refractivity contribution in [3.8, 4) is 5.75 Å². The number of rotatable bonds is 7. The summed E-state index contributed by atoms with van der Waals surface area (Å²) in [7, 11) is 0. The third-order valence-electron chi connectivity index (χ3n) is 10.1. The molecule has 2 atom stereocenters. The van der Waals surface area contributed by atoms with Crippen LogP contribution >= 0.6 is 0 Å². The molecule has 248 valence electrons. The maximum absolute atomic E-state index is 14.2. The number of carbonyl (C=O) groups is 3. The summed E-state index contributed by atoms with van der Waals surface area (Å²) in [6.07, 6.45) is 3.37. The largest absolute Gasteiger partial charge is 0.489 e. The minimum absolute atomic E-state index is 0.0991. The second kappa shape index (κ2) is 13.2. The molecule has 3 heterocycles. The van der Waals surface area contributed by atoms with E-state index in [0.29, 0.717) is 23.6 Å². The third-order valence-corrected chi connectivity index (χ3v) is 10.1. The first-order valence-corrected chi connectivity index (χ1v) is 17.2. The summed E-state index contributed by atoms with van der Waals surface area (Å²) in [4.78, 5) is 44.5. The Bertz CT molecular complexity index is 2040. The van der Waals surface area contributed by atoms with Crippen molar-refractivity contribution >= 4 is 35.3 Å². The Morgan fingerprint density at radius 3 is 1.90 bits per heavy atom. The quantitative estimate of drug-likeness (QED) is 0.141. The number of benzene rings is 5. The molecule has 0 unspecified atom stereocenters. The normalized spacial score (nSPS) is 19.3. The summed E-state index contributed by atoms with van der Waals surface area (Å²) in [5, 5.41) is 2.43. The fourth-order valence-corrected chi connectivity index (χ4v) is 7.54. The van der Waals surface area contributed by atoms with Crippen LogP contribution in [0, 0.1) is 6.92 Å². The smallest absolute Gasteiger partial charge is 0.335 e. The van der Waals surface area contributed by atoms with E-state index in [1.54, 1.807) is 12.1 Å². The van der Waals surface area contributed by atoms with Gasteiger partial charge in [0.1, 0.15) is 17.9 Å². The van der Waals surface area contributed by atoms with Crippen molar-refractivity contribution in [3.63, 3.8) is 0 Å². The van der Waals surface area contributed by atoms with Crippen molar-refractivity contribution in [2.24, 2.45) is 0 Å². The van der Waals surface area contributed by atoms with Gasteiger partial charge in [0, 0.05) is 30.6 Å². The Kier molecular flexibility index (Phi) is 8.25. The lowest BCUT2D eigenvalue weighted by Crippen LogP contribution is -2.54. The highest BCUT2D eigenvalue weighted by Gasteiger charge is 2.40. The number of nitrogens with zero attached hydrogens (tertiary/aromatic N) is 2. The first kappa shape index (κ1) is 31.3. The van der Waals surface area contributed by atoms with Gasteiger partial charge in [-0.05, 0) is 83.5 Å². The molecule has 0 saturated carbocycles. The van der Waals surface area contributed by atoms with Gasteiger partial charge in [-0.15, -0.1) is 0 Å². The number of urea groups is 1. The van der Waals surface area contributed by atoms with Crippen molar-refractivity contribution in [3.05, 3.63) is 166 Å². The van der Waals surface area contributed by atoms with Crippen molar-refractivity contribution in [1.82, 2.24) is 5.32 Å². The van der Waals surface area contributed by atoms with E-state index in [4.69, 9.17) is 4.74 Å². The van der Waals surface area contributed by atoms with E-state index in [-0.39, 0.29) is 17.4 Å². The van der Waals surface area contributed by atoms with Crippen LogP contribution in [0.4, 0.5) is 16.2 Å². The average Bonchev–Trinajstić information content (AvgIpc) is 3.14. The van der Waals surface area contributed by atoms with Crippen LogP contribution in [-0.2, 0) is 16.2 Å². The number of barbiturate groups is 1. The number of amides is 4. The molecule has 1 saturated heterocycles. The molecule has 0 spiro atoms. The monoisotopic (exact) mass is 659 g/mol. The van der Waals surface area contributed by atoms with E-state index in [0.717, 1.165) is 47.5 Å². The van der Waals surface area contributed by atoms with Crippen LogP contribution in [0.15, 0.2) is 127 Å². The number of nitrogens with one attached hydrogen (secondary N) is 1. The van der Waals surface area contributed by atoms with Gasteiger partial charge in [-0.1, -0.05) is 103 Å². The summed E-state index contributed by atoms with van der Waals surface area (Å²) >= 11 is 0. The standard InChI is InChI=1S/C43H37N3O4/c1-28-12-14-30(15-13-28)27-50-34-18-16-29(17-19-34)24-39-41(47)44-43(49)46(42(39)48)33-25-37-35(31-8-4-2-5-9-31)20-22-45-23-21-36(38(26-33)40(37)45)32-10-6-3-7-11-32/h2-19,24-26,35-36H,20-23,27H2,1H3,(H,44,47,49)/b39-24+/t35-,36+. The summed E-state index contributed by atoms with van der Waals surface area (Å²) in [5.74, 6) is -0.502. The Balaban J connectivity index is 1.15. The maximum Gasteiger partial charge on any atom is 0.335 e. The molecule has 5 aromatic carbocycles. The molecule has 0 bridgehead atoms. The van der Waals surface area contributed by atoms with Gasteiger partial charge in [0.25, 0.3) is 11.8 Å². The topological polar surface area (TPSA) is 79.0 Å². The molecule has 5 aromatic rings. The number of ether oxygens (including phenoxy) is 1. The highest BCUT2D eigenvalue weighted by atomic mass is 16.5. The zero-order valence-electron chi connectivity index (χ0n) is 27.8. The first-order valence-electron chi connectivity index (χ1n) is 17.2. The van der Waals surface area contributed by atoms with Gasteiger partial charge in [0.05, 0.1) is 5.69 Å². The molecule has 7 nitrogen and oxygen atoms in total.